The second-order valence-electron chi connectivity index (χ2n) is 2.23. The number of hydrogen-bond acceptors (Lipinski definition) is 3. The van der Waals surface area contributed by atoms with Crippen molar-refractivity contribution in [1.82, 2.24) is 4.98 Å². The quantitative estimate of drug-likeness (QED) is 0.781. The summed E-state index contributed by atoms with van der Waals surface area (Å²) in [6.45, 7) is 0. The lowest BCUT2D eigenvalue weighted by molar-refractivity contribution is -0.131. The average Bonchev–Trinajstić information content (AvgIpc) is 2.49. The van der Waals surface area contributed by atoms with Gasteiger partial charge in [-0.25, -0.2) is 9.78 Å². The van der Waals surface area contributed by atoms with Crippen LogP contribution in [-0.4, -0.2) is 22.2 Å². The van der Waals surface area contributed by atoms with Crippen LogP contribution in [0.15, 0.2) is 17.7 Å². The van der Waals surface area contributed by atoms with E-state index in [0.717, 1.165) is 11.3 Å². The molecule has 0 aromatic carbocycles. The Morgan fingerprint density at radius 1 is 1.57 bits per heavy atom. The highest BCUT2D eigenvalue weighted by atomic mass is 32.1. The van der Waals surface area contributed by atoms with Crippen LogP contribution in [-0.2, 0) is 4.79 Å². The molecule has 0 saturated carbocycles. The van der Waals surface area contributed by atoms with Crippen molar-refractivity contribution in [3.63, 3.8) is 0 Å². The molecule has 0 aliphatic rings. The van der Waals surface area contributed by atoms with E-state index < -0.39 is 17.7 Å². The highest BCUT2D eigenvalue weighted by molar-refractivity contribution is 7.10. The van der Waals surface area contributed by atoms with Gasteiger partial charge in [0.15, 0.2) is 0 Å². The van der Waals surface area contributed by atoms with Gasteiger partial charge < -0.3 is 5.11 Å². The highest BCUT2D eigenvalue weighted by Crippen LogP contribution is 2.34. The number of hydrogen-bond donors (Lipinski definition) is 1. The third kappa shape index (κ3) is 2.56. The number of alkyl halides is 3. The first kappa shape index (κ1) is 10.7. The van der Waals surface area contributed by atoms with Crippen LogP contribution < -0.4 is 0 Å². The predicted molar refractivity (Wildman–Crippen MR) is 43.8 cm³/mol. The Labute approximate surface area is 80.5 Å². The second kappa shape index (κ2) is 3.79. The molecule has 1 N–H and O–H groups in total. The molecule has 0 atom stereocenters. The molecule has 76 valence electrons. The van der Waals surface area contributed by atoms with Gasteiger partial charge in [-0.1, -0.05) is 0 Å². The molecule has 1 rings (SSSR count). The highest BCUT2D eigenvalue weighted by Gasteiger charge is 2.36. The van der Waals surface area contributed by atoms with Crippen LogP contribution in [0.25, 0.3) is 5.57 Å². The number of rotatable bonds is 2. The van der Waals surface area contributed by atoms with Crippen molar-refractivity contribution in [3.8, 4) is 0 Å². The van der Waals surface area contributed by atoms with Crippen molar-refractivity contribution < 1.29 is 23.1 Å². The van der Waals surface area contributed by atoms with E-state index in [4.69, 9.17) is 5.11 Å². The minimum Gasteiger partial charge on any atom is -0.478 e. The molecule has 0 radical (unpaired) electrons. The Kier molecular flexibility index (Phi) is 2.90. The summed E-state index contributed by atoms with van der Waals surface area (Å²) in [5.74, 6) is -1.65. The topological polar surface area (TPSA) is 50.2 Å². The van der Waals surface area contributed by atoms with Gasteiger partial charge in [-0.15, -0.1) is 11.3 Å². The average molecular weight is 223 g/mol. The number of nitrogens with zero attached hydrogens (tertiary/aromatic N) is 1. The van der Waals surface area contributed by atoms with Crippen molar-refractivity contribution in [2.24, 2.45) is 0 Å². The van der Waals surface area contributed by atoms with Gasteiger partial charge in [0.1, 0.15) is 5.01 Å². The Morgan fingerprint density at radius 2 is 2.21 bits per heavy atom. The van der Waals surface area contributed by atoms with E-state index in [1.54, 1.807) is 0 Å². The summed E-state index contributed by atoms with van der Waals surface area (Å²) in [6, 6.07) is 0. The number of halogens is 3. The predicted octanol–water partition coefficient (Wildman–Crippen LogP) is 2.17. The van der Waals surface area contributed by atoms with E-state index in [-0.39, 0.29) is 11.1 Å². The number of carboxylic acid groups (broad SMARTS) is 1. The maximum atomic E-state index is 12.3. The molecule has 0 aliphatic heterocycles. The summed E-state index contributed by atoms with van der Waals surface area (Å²) < 4.78 is 36.8. The Balaban J connectivity index is 3.14. The maximum absolute atomic E-state index is 12.3. The molecule has 0 aliphatic carbocycles. The first-order chi connectivity index (χ1) is 6.41. The van der Waals surface area contributed by atoms with Crippen LogP contribution >= 0.6 is 11.3 Å². The van der Waals surface area contributed by atoms with E-state index in [1.807, 2.05) is 0 Å². The molecular formula is C7H4F3NO2S. The number of aromatic nitrogens is 1. The molecule has 7 heteroatoms. The lowest BCUT2D eigenvalue weighted by Gasteiger charge is -2.07. The van der Waals surface area contributed by atoms with E-state index in [9.17, 15) is 18.0 Å². The lowest BCUT2D eigenvalue weighted by Crippen LogP contribution is -2.12. The third-order valence-electron chi connectivity index (χ3n) is 1.24. The minimum absolute atomic E-state index is 0.110. The first-order valence-corrected chi connectivity index (χ1v) is 4.21. The zero-order chi connectivity index (χ0) is 10.8. The van der Waals surface area contributed by atoms with Gasteiger partial charge in [0, 0.05) is 17.7 Å². The van der Waals surface area contributed by atoms with Gasteiger partial charge in [-0.3, -0.25) is 0 Å². The van der Waals surface area contributed by atoms with Crippen molar-refractivity contribution in [1.29, 1.82) is 0 Å². The largest absolute Gasteiger partial charge is 0.478 e. The SMILES string of the molecule is O=C(O)/C=C(/c1nccs1)C(F)(F)F. The summed E-state index contributed by atoms with van der Waals surface area (Å²) in [6.07, 6.45) is -3.41. The Hall–Kier alpha value is -1.37. The molecule has 1 heterocycles. The minimum atomic E-state index is -4.70. The molecule has 3 nitrogen and oxygen atoms in total. The summed E-state index contributed by atoms with van der Waals surface area (Å²) in [5.41, 5.74) is -1.24. The van der Waals surface area contributed by atoms with E-state index in [1.165, 1.54) is 11.6 Å². The van der Waals surface area contributed by atoms with Crippen LogP contribution in [0.4, 0.5) is 13.2 Å². The van der Waals surface area contributed by atoms with Gasteiger partial charge in [0.2, 0.25) is 0 Å². The fourth-order valence-electron chi connectivity index (χ4n) is 0.745. The van der Waals surface area contributed by atoms with Crippen molar-refractivity contribution >= 4 is 22.9 Å². The third-order valence-corrected chi connectivity index (χ3v) is 2.04. The molecule has 0 unspecified atom stereocenters. The van der Waals surface area contributed by atoms with E-state index in [0.29, 0.717) is 0 Å². The molecule has 0 bridgehead atoms. The molecular weight excluding hydrogens is 219 g/mol. The summed E-state index contributed by atoms with van der Waals surface area (Å²) in [4.78, 5) is 13.6. The maximum Gasteiger partial charge on any atom is 0.419 e. The normalized spacial score (nSPS) is 12.9. The fraction of sp³-hybridized carbons (Fsp3) is 0.143. The molecule has 1 aromatic rings. The van der Waals surface area contributed by atoms with Crippen LogP contribution in [0.2, 0.25) is 0 Å². The zero-order valence-electron chi connectivity index (χ0n) is 6.58. The summed E-state index contributed by atoms with van der Waals surface area (Å²) in [7, 11) is 0. The summed E-state index contributed by atoms with van der Waals surface area (Å²) >= 11 is 0.737. The van der Waals surface area contributed by atoms with E-state index >= 15 is 0 Å². The monoisotopic (exact) mass is 223 g/mol. The first-order valence-electron chi connectivity index (χ1n) is 3.33. The number of carbonyl (C=O) groups is 1. The molecule has 14 heavy (non-hydrogen) atoms. The number of allylic oxidation sites excluding steroid dienone is 1. The molecule has 1 aromatic heterocycles. The van der Waals surface area contributed by atoms with Gasteiger partial charge >= 0.3 is 12.1 Å². The number of carboxylic acids is 1. The molecule has 0 fully saturated rings. The Bertz CT molecular complexity index is 356. The lowest BCUT2D eigenvalue weighted by atomic mass is 10.2. The molecule has 0 amide bonds. The van der Waals surface area contributed by atoms with Gasteiger partial charge in [0.05, 0.1) is 5.57 Å². The van der Waals surface area contributed by atoms with Gasteiger partial charge in [0.25, 0.3) is 0 Å². The van der Waals surface area contributed by atoms with Crippen molar-refractivity contribution in [2.45, 2.75) is 6.18 Å². The molecule has 0 saturated heterocycles. The van der Waals surface area contributed by atoms with Crippen LogP contribution in [0.5, 0.6) is 0 Å². The molecule has 0 spiro atoms. The number of aliphatic carboxylic acids is 1. The number of thiazole rings is 1. The zero-order valence-corrected chi connectivity index (χ0v) is 7.39. The fourth-order valence-corrected chi connectivity index (χ4v) is 1.42. The smallest absolute Gasteiger partial charge is 0.419 e. The van der Waals surface area contributed by atoms with Gasteiger partial charge in [-0.05, 0) is 0 Å². The second-order valence-corrected chi connectivity index (χ2v) is 3.13. The van der Waals surface area contributed by atoms with Gasteiger partial charge in [-0.2, -0.15) is 13.2 Å². The van der Waals surface area contributed by atoms with Crippen LogP contribution in [0, 0.1) is 0 Å². The standard InChI is InChI=1S/C7H4F3NO2S/c8-7(9,10)4(3-5(12)13)6-11-1-2-14-6/h1-3H,(H,12,13)/b4-3-. The van der Waals surface area contributed by atoms with Crippen LogP contribution in [0.3, 0.4) is 0 Å². The van der Waals surface area contributed by atoms with Crippen LogP contribution in [0.1, 0.15) is 5.01 Å². The van der Waals surface area contributed by atoms with Crippen molar-refractivity contribution in [2.75, 3.05) is 0 Å². The Morgan fingerprint density at radius 3 is 2.57 bits per heavy atom. The summed E-state index contributed by atoms with van der Waals surface area (Å²) in [5, 5.41) is 9.24. The van der Waals surface area contributed by atoms with Crippen molar-refractivity contribution in [3.05, 3.63) is 22.7 Å². The van der Waals surface area contributed by atoms with E-state index in [2.05, 4.69) is 4.98 Å².